The lowest BCUT2D eigenvalue weighted by Gasteiger charge is -2.06. The van der Waals surface area contributed by atoms with Crippen LogP contribution in [0.2, 0.25) is 5.02 Å². The van der Waals surface area contributed by atoms with Gasteiger partial charge in [0.2, 0.25) is 5.91 Å². The summed E-state index contributed by atoms with van der Waals surface area (Å²) in [7, 11) is 0. The third kappa shape index (κ3) is 4.70. The second-order valence-corrected chi connectivity index (χ2v) is 5.31. The Kier molecular flexibility index (Phi) is 5.72. The highest BCUT2D eigenvalue weighted by atomic mass is 35.5. The average molecular weight is 340 g/mol. The van der Waals surface area contributed by atoms with Crippen LogP contribution in [-0.2, 0) is 9.59 Å². The molecule has 6 heteroatoms. The number of anilines is 2. The molecule has 24 heavy (non-hydrogen) atoms. The highest BCUT2D eigenvalue weighted by molar-refractivity contribution is 6.32. The molecule has 2 amide bonds. The molecule has 120 valence electrons. The zero-order chi connectivity index (χ0) is 17.5. The van der Waals surface area contributed by atoms with Gasteiger partial charge >= 0.3 is 0 Å². The maximum Gasteiger partial charge on any atom is 0.266 e. The van der Waals surface area contributed by atoms with Crippen molar-refractivity contribution >= 4 is 40.9 Å². The maximum absolute atomic E-state index is 12.2. The molecule has 0 spiro atoms. The van der Waals surface area contributed by atoms with E-state index >= 15 is 0 Å². The maximum atomic E-state index is 12.2. The van der Waals surface area contributed by atoms with Gasteiger partial charge < -0.3 is 10.6 Å². The highest BCUT2D eigenvalue weighted by Crippen LogP contribution is 2.19. The van der Waals surface area contributed by atoms with Gasteiger partial charge in [-0.25, -0.2) is 0 Å². The Balaban J connectivity index is 2.14. The summed E-state index contributed by atoms with van der Waals surface area (Å²) < 4.78 is 0. The lowest BCUT2D eigenvalue weighted by atomic mass is 10.1. The van der Waals surface area contributed by atoms with Crippen LogP contribution in [0.15, 0.2) is 54.1 Å². The molecule has 0 atom stereocenters. The van der Waals surface area contributed by atoms with Gasteiger partial charge in [0.05, 0.1) is 0 Å². The predicted molar refractivity (Wildman–Crippen MR) is 94.4 cm³/mol. The molecular formula is C18H14ClN3O2. The van der Waals surface area contributed by atoms with E-state index in [-0.39, 0.29) is 11.5 Å². The topological polar surface area (TPSA) is 82.0 Å². The lowest BCUT2D eigenvalue weighted by Crippen LogP contribution is -2.13. The first-order chi connectivity index (χ1) is 11.5. The summed E-state index contributed by atoms with van der Waals surface area (Å²) in [6.07, 6.45) is 1.43. The second kappa shape index (κ2) is 7.95. The van der Waals surface area contributed by atoms with E-state index in [0.717, 1.165) is 0 Å². The summed E-state index contributed by atoms with van der Waals surface area (Å²) in [5, 5.41) is 14.9. The number of hydrogen-bond acceptors (Lipinski definition) is 3. The quantitative estimate of drug-likeness (QED) is 0.655. The van der Waals surface area contributed by atoms with E-state index in [1.54, 1.807) is 48.5 Å². The number of carbonyl (C=O) groups excluding carboxylic acids is 2. The minimum absolute atomic E-state index is 0.0611. The molecule has 0 radical (unpaired) electrons. The molecule has 0 aliphatic rings. The monoisotopic (exact) mass is 339 g/mol. The van der Waals surface area contributed by atoms with E-state index in [9.17, 15) is 14.9 Å². The SMILES string of the molecule is CC(=O)Nc1ccc(NC(=O)/C(C#N)=C/c2ccccc2Cl)cc1. The van der Waals surface area contributed by atoms with E-state index in [1.165, 1.54) is 13.0 Å². The van der Waals surface area contributed by atoms with Crippen molar-refractivity contribution in [1.82, 2.24) is 0 Å². The molecule has 0 saturated carbocycles. The standard InChI is InChI=1S/C18H14ClN3O2/c1-12(23)21-15-6-8-16(9-7-15)22-18(24)14(11-20)10-13-4-2-3-5-17(13)19/h2-10H,1H3,(H,21,23)(H,22,24)/b14-10+. The molecule has 2 aromatic rings. The summed E-state index contributed by atoms with van der Waals surface area (Å²) in [6.45, 7) is 1.41. The van der Waals surface area contributed by atoms with Crippen LogP contribution < -0.4 is 10.6 Å². The summed E-state index contributed by atoms with van der Waals surface area (Å²) in [5.41, 5.74) is 1.66. The number of nitriles is 1. The van der Waals surface area contributed by atoms with E-state index in [1.807, 2.05) is 6.07 Å². The molecule has 0 fully saturated rings. The van der Waals surface area contributed by atoms with Gasteiger partial charge in [-0.2, -0.15) is 5.26 Å². The van der Waals surface area contributed by atoms with Crippen LogP contribution in [-0.4, -0.2) is 11.8 Å². The Labute approximate surface area is 144 Å². The number of nitrogens with one attached hydrogen (secondary N) is 2. The fourth-order valence-electron chi connectivity index (χ4n) is 1.93. The molecule has 2 N–H and O–H groups in total. The fraction of sp³-hybridized carbons (Fsp3) is 0.0556. The Morgan fingerprint density at radius 2 is 1.62 bits per heavy atom. The number of amides is 2. The van der Waals surface area contributed by atoms with Crippen LogP contribution in [0.5, 0.6) is 0 Å². The van der Waals surface area contributed by atoms with Crippen molar-refractivity contribution in [3.8, 4) is 6.07 Å². The molecule has 0 aliphatic heterocycles. The molecule has 0 bridgehead atoms. The van der Waals surface area contributed by atoms with Crippen LogP contribution >= 0.6 is 11.6 Å². The number of halogens is 1. The van der Waals surface area contributed by atoms with Crippen molar-refractivity contribution in [3.63, 3.8) is 0 Å². The van der Waals surface area contributed by atoms with Crippen LogP contribution in [0.25, 0.3) is 6.08 Å². The number of benzene rings is 2. The summed E-state index contributed by atoms with van der Waals surface area (Å²) in [5.74, 6) is -0.717. The summed E-state index contributed by atoms with van der Waals surface area (Å²) >= 11 is 6.03. The molecule has 5 nitrogen and oxygen atoms in total. The Morgan fingerprint density at radius 3 is 2.17 bits per heavy atom. The van der Waals surface area contributed by atoms with Crippen molar-refractivity contribution in [2.24, 2.45) is 0 Å². The Bertz CT molecular complexity index is 836. The molecule has 2 aromatic carbocycles. The molecule has 0 unspecified atom stereocenters. The molecular weight excluding hydrogens is 326 g/mol. The minimum atomic E-state index is -0.537. The van der Waals surface area contributed by atoms with Crippen molar-refractivity contribution in [2.75, 3.05) is 10.6 Å². The predicted octanol–water partition coefficient (Wildman–Crippen LogP) is 3.84. The van der Waals surface area contributed by atoms with Gasteiger partial charge in [0.1, 0.15) is 11.6 Å². The second-order valence-electron chi connectivity index (χ2n) is 4.90. The Hall–Kier alpha value is -3.10. The molecule has 0 heterocycles. The van der Waals surface area contributed by atoms with Gasteiger partial charge in [0.15, 0.2) is 0 Å². The van der Waals surface area contributed by atoms with Gasteiger partial charge in [-0.15, -0.1) is 0 Å². The first-order valence-corrected chi connectivity index (χ1v) is 7.42. The number of carbonyl (C=O) groups is 2. The largest absolute Gasteiger partial charge is 0.326 e. The number of rotatable bonds is 4. The molecule has 0 saturated heterocycles. The van der Waals surface area contributed by atoms with Crippen LogP contribution in [0.3, 0.4) is 0 Å². The third-order valence-corrected chi connectivity index (χ3v) is 3.38. The number of nitrogens with zero attached hydrogens (tertiary/aromatic N) is 1. The third-order valence-electron chi connectivity index (χ3n) is 3.03. The average Bonchev–Trinajstić information content (AvgIpc) is 2.55. The Morgan fingerprint density at radius 1 is 1.04 bits per heavy atom. The smallest absolute Gasteiger partial charge is 0.266 e. The lowest BCUT2D eigenvalue weighted by molar-refractivity contribution is -0.114. The highest BCUT2D eigenvalue weighted by Gasteiger charge is 2.10. The van der Waals surface area contributed by atoms with Gasteiger partial charge in [0, 0.05) is 23.3 Å². The van der Waals surface area contributed by atoms with E-state index in [4.69, 9.17) is 11.6 Å². The number of hydrogen-bond donors (Lipinski definition) is 2. The molecule has 0 aromatic heterocycles. The first-order valence-electron chi connectivity index (χ1n) is 7.05. The van der Waals surface area contributed by atoms with E-state index < -0.39 is 5.91 Å². The zero-order valence-corrected chi connectivity index (χ0v) is 13.6. The normalized spacial score (nSPS) is 10.6. The van der Waals surface area contributed by atoms with Crippen molar-refractivity contribution < 1.29 is 9.59 Å². The van der Waals surface area contributed by atoms with Gasteiger partial charge in [0.25, 0.3) is 5.91 Å². The first kappa shape index (κ1) is 17.3. The molecule has 0 aliphatic carbocycles. The van der Waals surface area contributed by atoms with E-state index in [0.29, 0.717) is 22.0 Å². The van der Waals surface area contributed by atoms with Crippen molar-refractivity contribution in [2.45, 2.75) is 6.92 Å². The van der Waals surface area contributed by atoms with Crippen LogP contribution in [0, 0.1) is 11.3 Å². The van der Waals surface area contributed by atoms with Crippen molar-refractivity contribution in [1.29, 1.82) is 5.26 Å². The minimum Gasteiger partial charge on any atom is -0.326 e. The van der Waals surface area contributed by atoms with Crippen LogP contribution in [0.1, 0.15) is 12.5 Å². The van der Waals surface area contributed by atoms with Gasteiger partial charge in [-0.1, -0.05) is 29.8 Å². The molecule has 2 rings (SSSR count). The van der Waals surface area contributed by atoms with Gasteiger partial charge in [-0.3, -0.25) is 9.59 Å². The van der Waals surface area contributed by atoms with Crippen molar-refractivity contribution in [3.05, 3.63) is 64.7 Å². The summed E-state index contributed by atoms with van der Waals surface area (Å²) in [6, 6.07) is 15.4. The van der Waals surface area contributed by atoms with Gasteiger partial charge in [-0.05, 0) is 42.0 Å². The van der Waals surface area contributed by atoms with Crippen LogP contribution in [0.4, 0.5) is 11.4 Å². The van der Waals surface area contributed by atoms with E-state index in [2.05, 4.69) is 10.6 Å². The zero-order valence-electron chi connectivity index (χ0n) is 12.8. The fourth-order valence-corrected chi connectivity index (χ4v) is 2.13. The summed E-state index contributed by atoms with van der Waals surface area (Å²) in [4.78, 5) is 23.2.